The number of hydrogen-bond acceptors (Lipinski definition) is 5. The minimum absolute atomic E-state index is 0.180. The van der Waals surface area contributed by atoms with Crippen molar-refractivity contribution in [3.63, 3.8) is 0 Å². The van der Waals surface area contributed by atoms with Crippen molar-refractivity contribution in [3.05, 3.63) is 88.1 Å². The van der Waals surface area contributed by atoms with Crippen LogP contribution in [0.1, 0.15) is 16.7 Å². The van der Waals surface area contributed by atoms with Gasteiger partial charge < -0.3 is 10.1 Å². The monoisotopic (exact) mass is 456 g/mol. The molecule has 9 heteroatoms. The molecular formula is C25H24N6O3. The van der Waals surface area contributed by atoms with E-state index in [0.717, 1.165) is 33.7 Å². The average molecular weight is 457 g/mol. The molecule has 3 heterocycles. The van der Waals surface area contributed by atoms with Gasteiger partial charge in [-0.05, 0) is 49.2 Å². The molecule has 9 nitrogen and oxygen atoms in total. The molecule has 0 unspecified atom stereocenters. The minimum atomic E-state index is -0.383. The maximum atomic E-state index is 12.9. The lowest BCUT2D eigenvalue weighted by Crippen LogP contribution is -2.32. The minimum Gasteiger partial charge on any atom is -0.497 e. The number of nitrogens with one attached hydrogen (secondary N) is 1. The average Bonchev–Trinajstić information content (AvgIpc) is 3.41. The van der Waals surface area contributed by atoms with Crippen LogP contribution in [0.2, 0.25) is 0 Å². The van der Waals surface area contributed by atoms with E-state index in [1.807, 2.05) is 44.2 Å². The van der Waals surface area contributed by atoms with E-state index in [2.05, 4.69) is 33.7 Å². The lowest BCUT2D eigenvalue weighted by molar-refractivity contribution is -0.122. The molecule has 5 rings (SSSR count). The Bertz CT molecular complexity index is 1580. The summed E-state index contributed by atoms with van der Waals surface area (Å²) < 4.78 is 9.44. The summed E-state index contributed by atoms with van der Waals surface area (Å²) in [6.45, 7) is 4.24. The summed E-state index contributed by atoms with van der Waals surface area (Å²) in [5, 5.41) is 11.9. The van der Waals surface area contributed by atoms with Gasteiger partial charge in [-0.1, -0.05) is 29.8 Å². The number of rotatable bonds is 6. The highest BCUT2D eigenvalue weighted by Gasteiger charge is 2.16. The first-order valence-electron chi connectivity index (χ1n) is 10.9. The summed E-state index contributed by atoms with van der Waals surface area (Å²) in [6, 6.07) is 15.5. The van der Waals surface area contributed by atoms with Crippen LogP contribution >= 0.6 is 0 Å². The maximum absolute atomic E-state index is 12.9. The molecule has 0 aliphatic carbocycles. The first-order valence-corrected chi connectivity index (χ1v) is 10.9. The second-order valence-electron chi connectivity index (χ2n) is 8.23. The second-order valence-corrected chi connectivity index (χ2v) is 8.23. The molecule has 34 heavy (non-hydrogen) atoms. The van der Waals surface area contributed by atoms with Crippen LogP contribution in [0.15, 0.2) is 65.7 Å². The van der Waals surface area contributed by atoms with Crippen molar-refractivity contribution >= 4 is 17.1 Å². The van der Waals surface area contributed by atoms with Crippen LogP contribution in [-0.4, -0.2) is 36.8 Å². The number of aryl methyl sites for hydroxylation is 2. The van der Waals surface area contributed by atoms with Crippen LogP contribution in [0, 0.1) is 13.8 Å². The van der Waals surface area contributed by atoms with E-state index >= 15 is 0 Å². The molecule has 0 saturated carbocycles. The van der Waals surface area contributed by atoms with Gasteiger partial charge in [0, 0.05) is 24.5 Å². The zero-order chi connectivity index (χ0) is 23.8. The molecule has 172 valence electrons. The Morgan fingerprint density at radius 3 is 2.59 bits per heavy atom. The molecule has 1 amide bonds. The number of benzene rings is 2. The fourth-order valence-electron chi connectivity index (χ4n) is 3.92. The van der Waals surface area contributed by atoms with Crippen molar-refractivity contribution < 1.29 is 9.53 Å². The number of hydrogen-bond donors (Lipinski definition) is 1. The van der Waals surface area contributed by atoms with Crippen LogP contribution in [-0.2, 0) is 17.9 Å². The number of carbonyl (C=O) groups is 1. The second kappa shape index (κ2) is 8.51. The zero-order valence-electron chi connectivity index (χ0n) is 19.1. The van der Waals surface area contributed by atoms with Crippen LogP contribution in [0.5, 0.6) is 5.75 Å². The van der Waals surface area contributed by atoms with E-state index < -0.39 is 0 Å². The molecule has 5 aromatic rings. The SMILES string of the molecule is COc1ccc(CNC(=O)Cn2nc3c4cc(-c5cc(C)ccc5C)nn4ccn3c2=O)cc1. The Hall–Kier alpha value is -4.40. The van der Waals surface area contributed by atoms with Gasteiger partial charge in [0.05, 0.1) is 12.8 Å². The van der Waals surface area contributed by atoms with Crippen LogP contribution in [0.4, 0.5) is 0 Å². The highest BCUT2D eigenvalue weighted by Crippen LogP contribution is 2.25. The van der Waals surface area contributed by atoms with Crippen molar-refractivity contribution in [1.82, 2.24) is 29.1 Å². The molecule has 0 aliphatic heterocycles. The fourth-order valence-corrected chi connectivity index (χ4v) is 3.92. The molecule has 0 aliphatic rings. The van der Waals surface area contributed by atoms with Gasteiger partial charge in [0.15, 0.2) is 5.65 Å². The predicted molar refractivity (Wildman–Crippen MR) is 128 cm³/mol. The van der Waals surface area contributed by atoms with Crippen molar-refractivity contribution in [2.24, 2.45) is 0 Å². The summed E-state index contributed by atoms with van der Waals surface area (Å²) >= 11 is 0. The van der Waals surface area contributed by atoms with E-state index in [0.29, 0.717) is 17.7 Å². The Kier molecular flexibility index (Phi) is 5.37. The first kappa shape index (κ1) is 21.4. The van der Waals surface area contributed by atoms with E-state index in [9.17, 15) is 9.59 Å². The lowest BCUT2D eigenvalue weighted by atomic mass is 10.0. The van der Waals surface area contributed by atoms with Crippen molar-refractivity contribution in [2.45, 2.75) is 26.9 Å². The largest absolute Gasteiger partial charge is 0.497 e. The maximum Gasteiger partial charge on any atom is 0.350 e. The normalized spacial score (nSPS) is 11.3. The van der Waals surface area contributed by atoms with Gasteiger partial charge in [-0.25, -0.2) is 18.4 Å². The van der Waals surface area contributed by atoms with Gasteiger partial charge in [0.25, 0.3) is 0 Å². The third-order valence-corrected chi connectivity index (χ3v) is 5.80. The van der Waals surface area contributed by atoms with Crippen LogP contribution in [0.25, 0.3) is 22.4 Å². The summed E-state index contributed by atoms with van der Waals surface area (Å²) in [5.41, 5.74) is 5.76. The van der Waals surface area contributed by atoms with Gasteiger partial charge in [-0.2, -0.15) is 5.10 Å². The standard InChI is InChI=1S/C25H24N6O3/c1-16-4-5-17(2)20(12-16)21-13-22-24-28-31(25(33)29(24)10-11-30(22)27-21)15-23(32)26-14-18-6-8-19(34-3)9-7-18/h4-13H,14-15H2,1-3H3,(H,26,32). The summed E-state index contributed by atoms with van der Waals surface area (Å²) in [6.07, 6.45) is 3.33. The van der Waals surface area contributed by atoms with Crippen molar-refractivity contribution in [2.75, 3.05) is 7.11 Å². The third-order valence-electron chi connectivity index (χ3n) is 5.80. The Morgan fingerprint density at radius 1 is 1.03 bits per heavy atom. The lowest BCUT2D eigenvalue weighted by Gasteiger charge is -2.06. The first-order chi connectivity index (χ1) is 16.4. The van der Waals surface area contributed by atoms with E-state index in [1.165, 1.54) is 9.08 Å². The number of methoxy groups -OCH3 is 1. The molecule has 0 radical (unpaired) electrons. The number of carbonyl (C=O) groups excluding carboxylic acids is 1. The van der Waals surface area contributed by atoms with Gasteiger partial charge in [-0.3, -0.25) is 4.79 Å². The van der Waals surface area contributed by atoms with Crippen LogP contribution in [0.3, 0.4) is 0 Å². The van der Waals surface area contributed by atoms with Crippen molar-refractivity contribution in [3.8, 4) is 17.0 Å². The summed E-state index contributed by atoms with van der Waals surface area (Å²) in [5.74, 6) is 0.445. The number of ether oxygens (including phenoxy) is 1. The highest BCUT2D eigenvalue weighted by atomic mass is 16.5. The Labute approximate surface area is 195 Å². The number of fused-ring (bicyclic) bond motifs is 3. The smallest absolute Gasteiger partial charge is 0.350 e. The van der Waals surface area contributed by atoms with Gasteiger partial charge in [-0.15, -0.1) is 5.10 Å². The topological polar surface area (TPSA) is 94.9 Å². The predicted octanol–water partition coefficient (Wildman–Crippen LogP) is 2.75. The molecule has 0 saturated heterocycles. The fraction of sp³-hybridized carbons (Fsp3) is 0.200. The molecule has 0 atom stereocenters. The molecule has 3 aromatic heterocycles. The van der Waals surface area contributed by atoms with E-state index in [-0.39, 0.29) is 18.1 Å². The summed E-state index contributed by atoms with van der Waals surface area (Å²) in [4.78, 5) is 25.4. The zero-order valence-corrected chi connectivity index (χ0v) is 19.1. The highest BCUT2D eigenvalue weighted by molar-refractivity contribution is 5.78. The van der Waals surface area contributed by atoms with E-state index in [4.69, 9.17) is 4.74 Å². The number of aromatic nitrogens is 5. The molecule has 0 fully saturated rings. The van der Waals surface area contributed by atoms with E-state index in [1.54, 1.807) is 24.0 Å². The number of amides is 1. The van der Waals surface area contributed by atoms with Crippen molar-refractivity contribution in [1.29, 1.82) is 0 Å². The summed E-state index contributed by atoms with van der Waals surface area (Å²) in [7, 11) is 1.60. The molecule has 0 bridgehead atoms. The van der Waals surface area contributed by atoms with Gasteiger partial charge >= 0.3 is 5.69 Å². The van der Waals surface area contributed by atoms with Gasteiger partial charge in [0.2, 0.25) is 5.91 Å². The molecule has 1 N–H and O–H groups in total. The Morgan fingerprint density at radius 2 is 1.82 bits per heavy atom. The molecule has 2 aromatic carbocycles. The van der Waals surface area contributed by atoms with Gasteiger partial charge in [0.1, 0.15) is 17.8 Å². The number of nitrogens with zero attached hydrogens (tertiary/aromatic N) is 5. The molecular weight excluding hydrogens is 432 g/mol. The quantitative estimate of drug-likeness (QED) is 0.424. The third kappa shape index (κ3) is 3.92. The Balaban J connectivity index is 1.41. The van der Waals surface area contributed by atoms with Crippen LogP contribution < -0.4 is 15.7 Å². The molecule has 0 spiro atoms.